The van der Waals surface area contributed by atoms with Crippen LogP contribution in [0.15, 0.2) is 42.5 Å². The van der Waals surface area contributed by atoms with Gasteiger partial charge in [0.05, 0.1) is 12.6 Å². The molecule has 1 aliphatic rings. The molecule has 2 aromatic carbocycles. The van der Waals surface area contributed by atoms with Crippen LogP contribution in [0.1, 0.15) is 37.8 Å². The van der Waals surface area contributed by atoms with E-state index in [4.69, 9.17) is 24.1 Å². The van der Waals surface area contributed by atoms with Crippen molar-refractivity contribution in [1.29, 1.82) is 5.26 Å². The lowest BCUT2D eigenvalue weighted by atomic mass is 10.0. The normalized spacial score (nSPS) is 15.3. The van der Waals surface area contributed by atoms with Crippen LogP contribution >= 0.6 is 12.2 Å². The SMILES string of the molecule is [C-]#[N+]c1ccc(N2C(=O)C(C)(C)N(c3ccc(CCCC#N)cc3)C2=S)cc1C. The van der Waals surface area contributed by atoms with Crippen molar-refractivity contribution < 1.29 is 4.79 Å². The highest BCUT2D eigenvalue weighted by Crippen LogP contribution is 2.37. The third kappa shape index (κ3) is 3.72. The standard InChI is InChI=1S/C23H22N4OS/c1-16-15-19(12-13-20(16)25-4)26-21(28)23(2,3)27(22(26)29)18-10-8-17(9-11-18)7-5-6-14-24/h8-13,15H,5-7H2,1-3H3. The molecule has 0 N–H and O–H groups in total. The summed E-state index contributed by atoms with van der Waals surface area (Å²) in [7, 11) is 0. The van der Waals surface area contributed by atoms with Crippen molar-refractivity contribution in [2.45, 2.75) is 45.6 Å². The zero-order chi connectivity index (χ0) is 21.2. The molecule has 6 heteroatoms. The molecule has 146 valence electrons. The fourth-order valence-electron chi connectivity index (χ4n) is 3.54. The fraction of sp³-hybridized carbons (Fsp3) is 0.304. The second kappa shape index (κ2) is 8.03. The summed E-state index contributed by atoms with van der Waals surface area (Å²) in [5, 5.41) is 9.11. The number of nitrogens with zero attached hydrogens (tertiary/aromatic N) is 4. The number of rotatable bonds is 5. The van der Waals surface area contributed by atoms with Gasteiger partial charge in [-0.15, -0.1) is 0 Å². The Kier molecular flexibility index (Phi) is 5.68. The number of nitriles is 1. The van der Waals surface area contributed by atoms with Gasteiger partial charge in [0.15, 0.2) is 10.8 Å². The van der Waals surface area contributed by atoms with E-state index in [9.17, 15) is 4.79 Å². The van der Waals surface area contributed by atoms with Crippen molar-refractivity contribution in [2.24, 2.45) is 0 Å². The molecule has 0 saturated carbocycles. The van der Waals surface area contributed by atoms with Crippen LogP contribution in [0.4, 0.5) is 17.1 Å². The summed E-state index contributed by atoms with van der Waals surface area (Å²) in [5.74, 6) is -0.101. The van der Waals surface area contributed by atoms with Gasteiger partial charge in [-0.05, 0) is 81.2 Å². The first-order chi connectivity index (χ1) is 13.8. The summed E-state index contributed by atoms with van der Waals surface area (Å²) in [6.45, 7) is 12.8. The highest BCUT2D eigenvalue weighted by Gasteiger charge is 2.50. The number of thiocarbonyl (C=S) groups is 1. The minimum atomic E-state index is -0.828. The average Bonchev–Trinajstić information content (AvgIpc) is 2.87. The highest BCUT2D eigenvalue weighted by molar-refractivity contribution is 7.81. The molecule has 1 saturated heterocycles. The summed E-state index contributed by atoms with van der Waals surface area (Å²) < 4.78 is 0. The lowest BCUT2D eigenvalue weighted by Gasteiger charge is -2.29. The van der Waals surface area contributed by atoms with Crippen molar-refractivity contribution in [1.82, 2.24) is 0 Å². The van der Waals surface area contributed by atoms with Crippen LogP contribution in [-0.2, 0) is 11.2 Å². The Labute approximate surface area is 177 Å². The van der Waals surface area contributed by atoms with Crippen LogP contribution in [0, 0.1) is 24.8 Å². The van der Waals surface area contributed by atoms with Gasteiger partial charge in [0.2, 0.25) is 0 Å². The van der Waals surface area contributed by atoms with E-state index in [0.29, 0.717) is 22.9 Å². The lowest BCUT2D eigenvalue weighted by Crippen LogP contribution is -2.44. The van der Waals surface area contributed by atoms with Gasteiger partial charge in [-0.2, -0.15) is 5.26 Å². The number of hydrogen-bond donors (Lipinski definition) is 0. The van der Waals surface area contributed by atoms with Gasteiger partial charge >= 0.3 is 0 Å². The van der Waals surface area contributed by atoms with E-state index < -0.39 is 5.54 Å². The van der Waals surface area contributed by atoms with E-state index >= 15 is 0 Å². The molecule has 1 amide bonds. The number of amides is 1. The first-order valence-electron chi connectivity index (χ1n) is 9.44. The van der Waals surface area contributed by atoms with Crippen molar-refractivity contribution in [3.63, 3.8) is 0 Å². The Balaban J connectivity index is 1.92. The van der Waals surface area contributed by atoms with Crippen molar-refractivity contribution in [3.8, 4) is 6.07 Å². The van der Waals surface area contributed by atoms with Gasteiger partial charge in [0.1, 0.15) is 5.54 Å². The largest absolute Gasteiger partial charge is 0.304 e. The molecule has 0 unspecified atom stereocenters. The van der Waals surface area contributed by atoms with E-state index in [1.54, 1.807) is 17.0 Å². The van der Waals surface area contributed by atoms with Crippen molar-refractivity contribution in [3.05, 3.63) is 65.0 Å². The zero-order valence-corrected chi connectivity index (χ0v) is 17.6. The quantitative estimate of drug-likeness (QED) is 0.386. The second-order valence-corrected chi connectivity index (χ2v) is 7.94. The molecule has 2 aromatic rings. The fourth-order valence-corrected chi connectivity index (χ4v) is 4.07. The van der Waals surface area contributed by atoms with E-state index in [2.05, 4.69) is 10.9 Å². The number of carbonyl (C=O) groups excluding carboxylic acids is 1. The Morgan fingerprint density at radius 1 is 1.17 bits per heavy atom. The maximum atomic E-state index is 13.2. The van der Waals surface area contributed by atoms with E-state index in [1.165, 1.54) is 0 Å². The van der Waals surface area contributed by atoms with Crippen LogP contribution in [0.3, 0.4) is 0 Å². The molecule has 1 aliphatic heterocycles. The monoisotopic (exact) mass is 402 g/mol. The Morgan fingerprint density at radius 3 is 2.41 bits per heavy atom. The number of aryl methyl sites for hydroxylation is 2. The second-order valence-electron chi connectivity index (χ2n) is 7.58. The summed E-state index contributed by atoms with van der Waals surface area (Å²) in [4.78, 5) is 20.2. The van der Waals surface area contributed by atoms with Crippen LogP contribution in [0.2, 0.25) is 0 Å². The Hall–Kier alpha value is -3.22. The van der Waals surface area contributed by atoms with E-state index in [-0.39, 0.29) is 5.91 Å². The molecule has 0 bridgehead atoms. The van der Waals surface area contributed by atoms with Crippen molar-refractivity contribution in [2.75, 3.05) is 9.80 Å². The number of hydrogen-bond acceptors (Lipinski definition) is 3. The van der Waals surface area contributed by atoms with Gasteiger partial charge in [-0.1, -0.05) is 18.2 Å². The summed E-state index contributed by atoms with van der Waals surface area (Å²) >= 11 is 5.71. The Morgan fingerprint density at radius 2 is 1.83 bits per heavy atom. The number of benzene rings is 2. The summed E-state index contributed by atoms with van der Waals surface area (Å²) in [6, 6.07) is 15.5. The molecule has 29 heavy (non-hydrogen) atoms. The van der Waals surface area contributed by atoms with Gasteiger partial charge < -0.3 is 4.90 Å². The summed E-state index contributed by atoms with van der Waals surface area (Å²) in [5.41, 5.74) is 3.23. The number of anilines is 2. The van der Waals surface area contributed by atoms with Crippen LogP contribution < -0.4 is 9.80 Å². The summed E-state index contributed by atoms with van der Waals surface area (Å²) in [6.07, 6.45) is 2.22. The molecule has 0 spiro atoms. The van der Waals surface area contributed by atoms with Crippen LogP contribution in [0.5, 0.6) is 0 Å². The third-order valence-electron chi connectivity index (χ3n) is 5.18. The van der Waals surface area contributed by atoms with Gasteiger partial charge in [0, 0.05) is 17.8 Å². The number of carbonyl (C=O) groups is 1. The predicted octanol–water partition coefficient (Wildman–Crippen LogP) is 5.31. The molecule has 0 aromatic heterocycles. The molecular formula is C23H22N4OS. The topological polar surface area (TPSA) is 51.7 Å². The van der Waals surface area contributed by atoms with Crippen LogP contribution in [0.25, 0.3) is 4.85 Å². The first-order valence-corrected chi connectivity index (χ1v) is 9.85. The zero-order valence-electron chi connectivity index (χ0n) is 16.8. The molecule has 1 heterocycles. The molecule has 5 nitrogen and oxygen atoms in total. The van der Waals surface area contributed by atoms with Crippen LogP contribution in [-0.4, -0.2) is 16.6 Å². The minimum absolute atomic E-state index is 0.101. The maximum absolute atomic E-state index is 13.2. The average molecular weight is 403 g/mol. The van der Waals surface area contributed by atoms with Gasteiger partial charge in [0.25, 0.3) is 5.91 Å². The molecule has 0 radical (unpaired) electrons. The van der Waals surface area contributed by atoms with E-state index in [0.717, 1.165) is 29.7 Å². The maximum Gasteiger partial charge on any atom is 0.259 e. The highest BCUT2D eigenvalue weighted by atomic mass is 32.1. The molecule has 0 aliphatic carbocycles. The minimum Gasteiger partial charge on any atom is -0.304 e. The third-order valence-corrected chi connectivity index (χ3v) is 5.54. The lowest BCUT2D eigenvalue weighted by molar-refractivity contribution is -0.120. The Bertz CT molecular complexity index is 1040. The molecule has 3 rings (SSSR count). The first kappa shape index (κ1) is 20.5. The smallest absolute Gasteiger partial charge is 0.259 e. The van der Waals surface area contributed by atoms with Gasteiger partial charge in [-0.25, -0.2) is 4.85 Å². The van der Waals surface area contributed by atoms with Crippen molar-refractivity contribution >= 4 is 40.3 Å². The predicted molar refractivity (Wildman–Crippen MR) is 119 cm³/mol. The molecular weight excluding hydrogens is 380 g/mol. The molecule has 1 fully saturated rings. The van der Waals surface area contributed by atoms with Gasteiger partial charge in [-0.3, -0.25) is 9.69 Å². The molecule has 0 atom stereocenters. The number of unbranched alkanes of at least 4 members (excludes halogenated alkanes) is 1. The van der Waals surface area contributed by atoms with E-state index in [1.807, 2.05) is 56.0 Å².